The summed E-state index contributed by atoms with van der Waals surface area (Å²) in [5, 5.41) is 0. The fourth-order valence-corrected chi connectivity index (χ4v) is 2.04. The van der Waals surface area contributed by atoms with Gasteiger partial charge in [0.25, 0.3) is 0 Å². The van der Waals surface area contributed by atoms with Gasteiger partial charge in [0.2, 0.25) is 0 Å². The Morgan fingerprint density at radius 1 is 1.36 bits per heavy atom. The first-order valence-electron chi connectivity index (χ1n) is 4.24. The van der Waals surface area contributed by atoms with Gasteiger partial charge in [0.1, 0.15) is 0 Å². The lowest BCUT2D eigenvalue weighted by Gasteiger charge is -2.39. The first-order valence-corrected chi connectivity index (χ1v) is 4.24. The molecule has 62 valence electrons. The zero-order chi connectivity index (χ0) is 8.54. The summed E-state index contributed by atoms with van der Waals surface area (Å²) < 4.78 is 0. The Hall–Kier alpha value is -0.480. The minimum atomic E-state index is -0.318. The summed E-state index contributed by atoms with van der Waals surface area (Å²) >= 11 is 0. The second-order valence-corrected chi connectivity index (χ2v) is 4.50. The van der Waals surface area contributed by atoms with E-state index in [1.807, 2.05) is 0 Å². The van der Waals surface area contributed by atoms with E-state index in [4.69, 9.17) is 12.2 Å². The molecule has 0 aromatic heterocycles. The van der Waals surface area contributed by atoms with Gasteiger partial charge in [-0.25, -0.2) is 0 Å². The van der Waals surface area contributed by atoms with Crippen LogP contribution in [0.3, 0.4) is 0 Å². The van der Waals surface area contributed by atoms with E-state index >= 15 is 0 Å². The highest BCUT2D eigenvalue weighted by molar-refractivity contribution is 5.14. The van der Waals surface area contributed by atoms with Crippen LogP contribution in [-0.4, -0.2) is 5.54 Å². The fourth-order valence-electron chi connectivity index (χ4n) is 2.04. The molecule has 0 radical (unpaired) electrons. The van der Waals surface area contributed by atoms with Crippen LogP contribution in [0.4, 0.5) is 0 Å². The van der Waals surface area contributed by atoms with Crippen LogP contribution in [0.2, 0.25) is 0 Å². The lowest BCUT2D eigenvalue weighted by atomic mass is 9.69. The maximum atomic E-state index is 6.00. The Morgan fingerprint density at radius 3 is 2.36 bits per heavy atom. The summed E-state index contributed by atoms with van der Waals surface area (Å²) in [4.78, 5) is 0. The maximum Gasteiger partial charge on any atom is 0.0778 e. The van der Waals surface area contributed by atoms with Crippen LogP contribution in [0.5, 0.6) is 0 Å². The van der Waals surface area contributed by atoms with Gasteiger partial charge in [-0.2, -0.15) is 0 Å². The van der Waals surface area contributed by atoms with Crippen LogP contribution in [-0.2, 0) is 0 Å². The highest BCUT2D eigenvalue weighted by Crippen LogP contribution is 2.39. The average Bonchev–Trinajstić information content (AvgIpc) is 1.85. The van der Waals surface area contributed by atoms with Crippen molar-refractivity contribution in [3.05, 3.63) is 0 Å². The summed E-state index contributed by atoms with van der Waals surface area (Å²) in [7, 11) is 0. The molecule has 0 bridgehead atoms. The third kappa shape index (κ3) is 1.97. The molecule has 0 aromatic rings. The Kier molecular flexibility index (Phi) is 1.98. The predicted molar refractivity (Wildman–Crippen MR) is 48.0 cm³/mol. The van der Waals surface area contributed by atoms with Gasteiger partial charge in [0.05, 0.1) is 5.54 Å². The third-order valence-electron chi connectivity index (χ3n) is 2.56. The van der Waals surface area contributed by atoms with Gasteiger partial charge in [-0.05, 0) is 24.7 Å². The van der Waals surface area contributed by atoms with Crippen molar-refractivity contribution in [2.24, 2.45) is 11.1 Å². The molecule has 1 heteroatoms. The van der Waals surface area contributed by atoms with E-state index in [2.05, 4.69) is 19.8 Å². The summed E-state index contributed by atoms with van der Waals surface area (Å²) in [6.45, 7) is 4.48. The molecule has 11 heavy (non-hydrogen) atoms. The largest absolute Gasteiger partial charge is 0.315 e. The zero-order valence-corrected chi connectivity index (χ0v) is 7.48. The second kappa shape index (κ2) is 2.53. The van der Waals surface area contributed by atoms with Gasteiger partial charge >= 0.3 is 0 Å². The molecule has 0 aliphatic heterocycles. The van der Waals surface area contributed by atoms with Crippen LogP contribution in [0, 0.1) is 17.8 Å². The molecule has 0 aromatic carbocycles. The normalized spacial score (nSPS) is 36.2. The van der Waals surface area contributed by atoms with Gasteiger partial charge in [0.15, 0.2) is 0 Å². The molecular weight excluding hydrogens is 134 g/mol. The van der Waals surface area contributed by atoms with Crippen LogP contribution in [0.15, 0.2) is 0 Å². The molecule has 1 nitrogen and oxygen atoms in total. The smallest absolute Gasteiger partial charge is 0.0778 e. The highest BCUT2D eigenvalue weighted by Gasteiger charge is 2.35. The Bertz CT molecular complexity index is 188. The summed E-state index contributed by atoms with van der Waals surface area (Å²) in [6.07, 6.45) is 9.78. The number of nitrogens with two attached hydrogens (primary N) is 1. The van der Waals surface area contributed by atoms with Crippen molar-refractivity contribution in [3.63, 3.8) is 0 Å². The molecular formula is C10H17N. The van der Waals surface area contributed by atoms with Crippen LogP contribution in [0.1, 0.15) is 39.5 Å². The lowest BCUT2D eigenvalue weighted by molar-refractivity contribution is 0.187. The molecule has 1 atom stereocenters. The molecule has 2 N–H and O–H groups in total. The van der Waals surface area contributed by atoms with Crippen molar-refractivity contribution in [1.82, 2.24) is 0 Å². The second-order valence-electron chi connectivity index (χ2n) is 4.50. The standard InChI is InChI=1S/C10H17N/c1-4-10(11)7-5-6-9(2,3)8-10/h1H,5-8,11H2,2-3H3. The number of rotatable bonds is 0. The van der Waals surface area contributed by atoms with Crippen molar-refractivity contribution in [1.29, 1.82) is 0 Å². The van der Waals surface area contributed by atoms with E-state index in [1.165, 1.54) is 12.8 Å². The molecule has 1 aliphatic rings. The van der Waals surface area contributed by atoms with Crippen molar-refractivity contribution < 1.29 is 0 Å². The maximum absolute atomic E-state index is 6.00. The lowest BCUT2D eigenvalue weighted by Crippen LogP contribution is -2.45. The van der Waals surface area contributed by atoms with Crippen molar-refractivity contribution >= 4 is 0 Å². The van der Waals surface area contributed by atoms with E-state index in [0.29, 0.717) is 5.41 Å². The molecule has 0 amide bonds. The summed E-state index contributed by atoms with van der Waals surface area (Å²) in [5.74, 6) is 2.71. The van der Waals surface area contributed by atoms with Crippen LogP contribution < -0.4 is 5.73 Å². The Balaban J connectivity index is 2.69. The van der Waals surface area contributed by atoms with Gasteiger partial charge in [-0.15, -0.1) is 6.42 Å². The van der Waals surface area contributed by atoms with Gasteiger partial charge < -0.3 is 5.73 Å². The first-order chi connectivity index (χ1) is 4.97. The quantitative estimate of drug-likeness (QED) is 0.526. The molecule has 1 unspecified atom stereocenters. The van der Waals surface area contributed by atoms with E-state index < -0.39 is 0 Å². The summed E-state index contributed by atoms with van der Waals surface area (Å²) in [5.41, 5.74) is 6.03. The van der Waals surface area contributed by atoms with E-state index in [0.717, 1.165) is 12.8 Å². The first kappa shape index (κ1) is 8.62. The minimum absolute atomic E-state index is 0.318. The number of terminal acetylenes is 1. The monoisotopic (exact) mass is 151 g/mol. The fraction of sp³-hybridized carbons (Fsp3) is 0.800. The molecule has 1 fully saturated rings. The van der Waals surface area contributed by atoms with Gasteiger partial charge in [0, 0.05) is 0 Å². The number of hydrogen-bond acceptors (Lipinski definition) is 1. The van der Waals surface area contributed by atoms with Crippen molar-refractivity contribution in [2.45, 2.75) is 45.1 Å². The van der Waals surface area contributed by atoms with Crippen molar-refractivity contribution in [2.75, 3.05) is 0 Å². The molecule has 1 saturated carbocycles. The molecule has 1 aliphatic carbocycles. The predicted octanol–water partition coefficient (Wildman–Crippen LogP) is 1.92. The minimum Gasteiger partial charge on any atom is -0.315 e. The number of hydrogen-bond donors (Lipinski definition) is 1. The average molecular weight is 151 g/mol. The van der Waals surface area contributed by atoms with Gasteiger partial charge in [-0.3, -0.25) is 0 Å². The molecule has 0 spiro atoms. The van der Waals surface area contributed by atoms with Crippen LogP contribution in [0.25, 0.3) is 0 Å². The highest BCUT2D eigenvalue weighted by atomic mass is 14.7. The zero-order valence-electron chi connectivity index (χ0n) is 7.48. The van der Waals surface area contributed by atoms with E-state index in [-0.39, 0.29) is 5.54 Å². The molecule has 1 rings (SSSR count). The van der Waals surface area contributed by atoms with Crippen LogP contribution >= 0.6 is 0 Å². The third-order valence-corrected chi connectivity index (χ3v) is 2.56. The SMILES string of the molecule is C#CC1(N)CCCC(C)(C)C1. The summed E-state index contributed by atoms with van der Waals surface area (Å²) in [6, 6.07) is 0. The van der Waals surface area contributed by atoms with E-state index in [1.54, 1.807) is 0 Å². The molecule has 0 saturated heterocycles. The topological polar surface area (TPSA) is 26.0 Å². The van der Waals surface area contributed by atoms with Gasteiger partial charge in [-0.1, -0.05) is 26.2 Å². The molecule has 0 heterocycles. The Labute approximate surface area is 69.4 Å². The van der Waals surface area contributed by atoms with E-state index in [9.17, 15) is 0 Å². The Morgan fingerprint density at radius 2 is 2.00 bits per heavy atom. The van der Waals surface area contributed by atoms with Crippen molar-refractivity contribution in [3.8, 4) is 12.3 Å².